The van der Waals surface area contributed by atoms with Gasteiger partial charge in [-0.05, 0) is 54.8 Å². The number of fused-ring (bicyclic) bond motifs is 2. The minimum Gasteiger partial charge on any atom is -0.481 e. The summed E-state index contributed by atoms with van der Waals surface area (Å²) in [6.45, 7) is -1.33. The van der Waals surface area contributed by atoms with E-state index in [1.807, 2.05) is 0 Å². The number of hydrogen-bond acceptors (Lipinski definition) is 9. The maximum absolute atomic E-state index is 14.6. The van der Waals surface area contributed by atoms with Crippen LogP contribution in [0.1, 0.15) is 41.9 Å². The molecular formula is C34H30ClF4N9O5S. The number of carbonyl (C=O) groups is 1. The third-order valence-corrected chi connectivity index (χ3v) is 9.45. The lowest BCUT2D eigenvalue weighted by atomic mass is 10.0. The molecule has 1 aliphatic carbocycles. The monoisotopic (exact) mass is 787 g/mol. The van der Waals surface area contributed by atoms with Gasteiger partial charge in [0, 0.05) is 30.7 Å². The van der Waals surface area contributed by atoms with E-state index in [0.29, 0.717) is 12.0 Å². The molecule has 20 heteroatoms. The first kappa shape index (κ1) is 36.8. The first-order valence-electron chi connectivity index (χ1n) is 16.4. The third kappa shape index (κ3) is 7.72. The Bertz CT molecular complexity index is 2590. The van der Waals surface area contributed by atoms with Crippen molar-refractivity contribution in [2.45, 2.75) is 50.7 Å². The van der Waals surface area contributed by atoms with Gasteiger partial charge in [0.15, 0.2) is 11.5 Å². The number of alkyl halides is 2. The van der Waals surface area contributed by atoms with Crippen molar-refractivity contribution < 1.29 is 35.5 Å². The molecule has 0 spiro atoms. The molecule has 4 aromatic heterocycles. The number of nitrogens with one attached hydrogen (secondary N) is 2. The summed E-state index contributed by atoms with van der Waals surface area (Å²) in [6, 6.07) is 8.62. The molecule has 1 atom stereocenters. The van der Waals surface area contributed by atoms with Crippen molar-refractivity contribution in [3.63, 3.8) is 0 Å². The summed E-state index contributed by atoms with van der Waals surface area (Å²) in [5.74, 6) is -2.67. The standard InChI is InChI=1S/C34H30ClF4N9O5S/c1-53-28-8-5-21-31(41-28)42-33(24(13-17-11-19(36)14-20(37)12-17)40-27(49)16-46-10-9-23(43-46)18-3-4-18)48(34(21)50)25-7-6-22(35)29-30(25)47(15-26(38)39)44-32(29)45-54(2,51)52/h5-12,14,18,24,26H,3-4,13,15-16H2,1-2H3,(H,40,49)(H,44,45). The van der Waals surface area contributed by atoms with E-state index < -0.39 is 52.1 Å². The number of methoxy groups -OCH3 is 1. The molecule has 4 heterocycles. The van der Waals surface area contributed by atoms with Crippen LogP contribution in [0, 0.1) is 11.6 Å². The number of hydrogen-bond donors (Lipinski definition) is 2. The number of carbonyl (C=O) groups excluding carboxylic acids is 1. The molecule has 0 radical (unpaired) electrons. The predicted octanol–water partition coefficient (Wildman–Crippen LogP) is 4.88. The van der Waals surface area contributed by atoms with E-state index in [4.69, 9.17) is 16.3 Å². The van der Waals surface area contributed by atoms with Crippen molar-refractivity contribution in [3.8, 4) is 11.6 Å². The fraction of sp³-hybridized carbons (Fsp3) is 0.294. The van der Waals surface area contributed by atoms with Gasteiger partial charge in [0.05, 0.1) is 52.1 Å². The molecule has 1 amide bonds. The maximum Gasteiger partial charge on any atom is 0.267 e. The van der Waals surface area contributed by atoms with Crippen LogP contribution in [0.5, 0.6) is 5.88 Å². The smallest absolute Gasteiger partial charge is 0.267 e. The molecule has 14 nitrogen and oxygen atoms in total. The average molecular weight is 788 g/mol. The molecule has 0 aliphatic heterocycles. The lowest BCUT2D eigenvalue weighted by molar-refractivity contribution is -0.122. The minimum atomic E-state index is -4.01. The summed E-state index contributed by atoms with van der Waals surface area (Å²) >= 11 is 6.54. The zero-order valence-electron chi connectivity index (χ0n) is 28.4. The molecule has 282 valence electrons. The number of nitrogens with zero attached hydrogens (tertiary/aromatic N) is 7. The highest BCUT2D eigenvalue weighted by atomic mass is 35.5. The van der Waals surface area contributed by atoms with E-state index in [1.54, 1.807) is 12.3 Å². The quantitative estimate of drug-likeness (QED) is 0.155. The van der Waals surface area contributed by atoms with Crippen molar-refractivity contribution in [1.29, 1.82) is 0 Å². The Morgan fingerprint density at radius 3 is 2.46 bits per heavy atom. The number of rotatable bonds is 13. The maximum atomic E-state index is 14.6. The second-order valence-corrected chi connectivity index (χ2v) is 14.9. The number of halogens is 5. The fourth-order valence-corrected chi connectivity index (χ4v) is 6.96. The van der Waals surface area contributed by atoms with Gasteiger partial charge in [-0.1, -0.05) is 11.6 Å². The Kier molecular flexibility index (Phi) is 9.77. The van der Waals surface area contributed by atoms with Gasteiger partial charge >= 0.3 is 0 Å². The van der Waals surface area contributed by atoms with E-state index in [1.165, 1.54) is 36.1 Å². The second kappa shape index (κ2) is 14.3. The summed E-state index contributed by atoms with van der Waals surface area (Å²) < 4.78 is 92.4. The van der Waals surface area contributed by atoms with Crippen molar-refractivity contribution in [1.82, 2.24) is 39.4 Å². The number of sulfonamides is 1. The molecule has 0 bridgehead atoms. The normalized spacial score (nSPS) is 13.9. The lowest BCUT2D eigenvalue weighted by Crippen LogP contribution is -2.37. The van der Waals surface area contributed by atoms with Gasteiger partial charge in [0.1, 0.15) is 30.5 Å². The highest BCUT2D eigenvalue weighted by molar-refractivity contribution is 7.92. The summed E-state index contributed by atoms with van der Waals surface area (Å²) in [7, 11) is -2.67. The molecule has 2 N–H and O–H groups in total. The van der Waals surface area contributed by atoms with Gasteiger partial charge in [0.2, 0.25) is 21.8 Å². The van der Waals surface area contributed by atoms with Crippen molar-refractivity contribution >= 4 is 55.3 Å². The number of anilines is 1. The molecule has 1 unspecified atom stereocenters. The van der Waals surface area contributed by atoms with E-state index in [-0.39, 0.29) is 68.7 Å². The summed E-state index contributed by atoms with van der Waals surface area (Å²) in [4.78, 5) is 37.3. The van der Waals surface area contributed by atoms with Gasteiger partial charge in [-0.2, -0.15) is 15.2 Å². The topological polar surface area (TPSA) is 168 Å². The molecule has 1 saturated carbocycles. The third-order valence-electron chi connectivity index (χ3n) is 8.57. The molecule has 6 aromatic rings. The molecular weight excluding hydrogens is 758 g/mol. The van der Waals surface area contributed by atoms with Crippen molar-refractivity contribution in [2.24, 2.45) is 0 Å². The van der Waals surface area contributed by atoms with Crippen LogP contribution in [0.15, 0.2) is 59.5 Å². The average Bonchev–Trinajstić information content (AvgIpc) is 3.74. The molecule has 54 heavy (non-hydrogen) atoms. The Hall–Kier alpha value is -5.56. The van der Waals surface area contributed by atoms with Crippen LogP contribution in [0.25, 0.3) is 27.6 Å². The fourth-order valence-electron chi connectivity index (χ4n) is 6.22. The molecule has 1 fully saturated rings. The number of amides is 1. The molecule has 1 aliphatic rings. The largest absolute Gasteiger partial charge is 0.481 e. The zero-order valence-corrected chi connectivity index (χ0v) is 30.0. The second-order valence-electron chi connectivity index (χ2n) is 12.7. The number of benzene rings is 2. The first-order valence-corrected chi connectivity index (χ1v) is 18.6. The highest BCUT2D eigenvalue weighted by Gasteiger charge is 2.30. The van der Waals surface area contributed by atoms with Crippen LogP contribution in [-0.2, 0) is 34.3 Å². The minimum absolute atomic E-state index is 0.0658. The van der Waals surface area contributed by atoms with Crippen molar-refractivity contribution in [3.05, 3.63) is 98.8 Å². The summed E-state index contributed by atoms with van der Waals surface area (Å²) in [6.07, 6.45) is 1.12. The van der Waals surface area contributed by atoms with Crippen LogP contribution in [-0.4, -0.2) is 68.2 Å². The van der Waals surface area contributed by atoms with Crippen LogP contribution in [0.3, 0.4) is 0 Å². The Balaban J connectivity index is 1.47. The Morgan fingerprint density at radius 2 is 1.80 bits per heavy atom. The van der Waals surface area contributed by atoms with Gasteiger partial charge in [-0.3, -0.25) is 28.2 Å². The van der Waals surface area contributed by atoms with Crippen molar-refractivity contribution in [2.75, 3.05) is 18.1 Å². The molecule has 0 saturated heterocycles. The molecule has 7 rings (SSSR count). The van der Waals surface area contributed by atoms with Crippen LogP contribution >= 0.6 is 11.6 Å². The van der Waals surface area contributed by atoms with Gasteiger partial charge in [-0.25, -0.2) is 31.0 Å². The Labute approximate surface area is 308 Å². The number of aromatic nitrogens is 7. The van der Waals surface area contributed by atoms with Gasteiger partial charge in [0.25, 0.3) is 12.0 Å². The molecule has 2 aromatic carbocycles. The van der Waals surface area contributed by atoms with E-state index >= 15 is 0 Å². The van der Waals surface area contributed by atoms with Crippen LogP contribution in [0.2, 0.25) is 5.02 Å². The SMILES string of the molecule is COc1ccc2c(=O)n(-c3ccc(Cl)c4c(NS(C)(=O)=O)nn(CC(F)F)c34)c(C(Cc3cc(F)cc(F)c3)NC(=O)Cn3ccc(C4CC4)n3)nc2n1. The lowest BCUT2D eigenvalue weighted by Gasteiger charge is -2.24. The predicted molar refractivity (Wildman–Crippen MR) is 190 cm³/mol. The summed E-state index contributed by atoms with van der Waals surface area (Å²) in [5, 5.41) is 11.1. The summed E-state index contributed by atoms with van der Waals surface area (Å²) in [5.41, 5.74) is -0.372. The number of pyridine rings is 1. The van der Waals surface area contributed by atoms with Crippen LogP contribution < -0.4 is 20.3 Å². The zero-order chi connectivity index (χ0) is 38.5. The van der Waals surface area contributed by atoms with Gasteiger partial charge in [-0.15, -0.1) is 0 Å². The highest BCUT2D eigenvalue weighted by Crippen LogP contribution is 2.39. The van der Waals surface area contributed by atoms with Crippen LogP contribution in [0.4, 0.5) is 23.4 Å². The van der Waals surface area contributed by atoms with E-state index in [0.717, 1.165) is 46.2 Å². The van der Waals surface area contributed by atoms with Gasteiger partial charge < -0.3 is 10.1 Å². The number of ether oxygens (including phenoxy) is 1. The van der Waals surface area contributed by atoms with E-state index in [9.17, 15) is 35.6 Å². The first-order chi connectivity index (χ1) is 25.7. The van der Waals surface area contributed by atoms with E-state index in [2.05, 4.69) is 30.2 Å². The Morgan fingerprint density at radius 1 is 1.06 bits per heavy atom.